The van der Waals surface area contributed by atoms with Gasteiger partial charge in [-0.1, -0.05) is 6.92 Å². The quantitative estimate of drug-likeness (QED) is 0.820. The highest BCUT2D eigenvalue weighted by molar-refractivity contribution is 5.92. The molecule has 5 heteroatoms. The van der Waals surface area contributed by atoms with Crippen LogP contribution >= 0.6 is 0 Å². The van der Waals surface area contributed by atoms with Crippen LogP contribution in [0.15, 0.2) is 18.3 Å². The molecule has 1 rings (SSSR count). The van der Waals surface area contributed by atoms with E-state index >= 15 is 0 Å². The van der Waals surface area contributed by atoms with Gasteiger partial charge in [0, 0.05) is 20.1 Å². The van der Waals surface area contributed by atoms with Crippen LogP contribution in [0.2, 0.25) is 0 Å². The Morgan fingerprint density at radius 3 is 2.47 bits per heavy atom. The van der Waals surface area contributed by atoms with Crippen molar-refractivity contribution >= 4 is 17.4 Å². The third kappa shape index (κ3) is 3.71. The van der Waals surface area contributed by atoms with Crippen LogP contribution in [0.3, 0.4) is 0 Å². The Hall–Kier alpha value is -1.62. The van der Waals surface area contributed by atoms with Crippen LogP contribution in [0.1, 0.15) is 13.8 Å². The summed E-state index contributed by atoms with van der Waals surface area (Å²) < 4.78 is 0. The Balaban J connectivity index is 2.66. The molecule has 0 fully saturated rings. The maximum absolute atomic E-state index is 11.7. The van der Waals surface area contributed by atoms with Gasteiger partial charge in [-0.25, -0.2) is 4.98 Å². The van der Waals surface area contributed by atoms with E-state index in [1.165, 1.54) is 0 Å². The van der Waals surface area contributed by atoms with E-state index in [4.69, 9.17) is 5.73 Å². The molecule has 17 heavy (non-hydrogen) atoms. The summed E-state index contributed by atoms with van der Waals surface area (Å²) in [7, 11) is 3.83. The van der Waals surface area contributed by atoms with E-state index in [1.54, 1.807) is 6.20 Å². The molecule has 3 N–H and O–H groups in total. The molecule has 1 aromatic heterocycles. The standard InChI is InChI=1S/C12H20N4O/c1-8(9(2)13)12(17)15-10-5-6-11(14-7-10)16(3)4/h5-9H,13H2,1-4H3,(H,15,17). The Morgan fingerprint density at radius 1 is 1.41 bits per heavy atom. The number of aromatic nitrogens is 1. The minimum absolute atomic E-state index is 0.0839. The molecule has 2 unspecified atom stereocenters. The molecule has 0 saturated carbocycles. The molecule has 1 aromatic rings. The first-order valence-electron chi connectivity index (χ1n) is 5.61. The van der Waals surface area contributed by atoms with Gasteiger partial charge in [0.2, 0.25) is 5.91 Å². The van der Waals surface area contributed by atoms with Crippen LogP contribution in [-0.2, 0) is 4.79 Å². The average molecular weight is 236 g/mol. The van der Waals surface area contributed by atoms with Crippen molar-refractivity contribution in [1.82, 2.24) is 4.98 Å². The smallest absolute Gasteiger partial charge is 0.228 e. The second kappa shape index (κ2) is 5.63. The molecule has 5 nitrogen and oxygen atoms in total. The lowest BCUT2D eigenvalue weighted by molar-refractivity contribution is -0.119. The number of carbonyl (C=O) groups is 1. The number of hydrogen-bond donors (Lipinski definition) is 2. The van der Waals surface area contributed by atoms with Gasteiger partial charge in [-0.05, 0) is 19.1 Å². The molecule has 2 atom stereocenters. The molecule has 0 spiro atoms. The number of nitrogens with two attached hydrogens (primary N) is 1. The van der Waals surface area contributed by atoms with Crippen molar-refractivity contribution in [3.05, 3.63) is 18.3 Å². The van der Waals surface area contributed by atoms with Crippen molar-refractivity contribution in [2.24, 2.45) is 11.7 Å². The predicted octanol–water partition coefficient (Wildman–Crippen LogP) is 1.07. The van der Waals surface area contributed by atoms with Crippen molar-refractivity contribution in [2.45, 2.75) is 19.9 Å². The van der Waals surface area contributed by atoms with E-state index in [0.29, 0.717) is 5.69 Å². The van der Waals surface area contributed by atoms with Crippen LogP contribution in [0.25, 0.3) is 0 Å². The van der Waals surface area contributed by atoms with Crippen molar-refractivity contribution in [3.63, 3.8) is 0 Å². The van der Waals surface area contributed by atoms with E-state index < -0.39 is 0 Å². The number of hydrogen-bond acceptors (Lipinski definition) is 4. The summed E-state index contributed by atoms with van der Waals surface area (Å²) in [6.45, 7) is 3.62. The fourth-order valence-corrected chi connectivity index (χ4v) is 1.22. The van der Waals surface area contributed by atoms with E-state index in [9.17, 15) is 4.79 Å². The molecular formula is C12H20N4O. The molecule has 0 aliphatic carbocycles. The molecule has 0 radical (unpaired) electrons. The molecule has 94 valence electrons. The lowest BCUT2D eigenvalue weighted by Crippen LogP contribution is -2.34. The maximum Gasteiger partial charge on any atom is 0.228 e. The van der Waals surface area contributed by atoms with Crippen LogP contribution < -0.4 is 16.0 Å². The first-order valence-corrected chi connectivity index (χ1v) is 5.61. The zero-order valence-corrected chi connectivity index (χ0v) is 10.8. The molecule has 0 aliphatic rings. The SMILES string of the molecule is CC(N)C(C)C(=O)Nc1ccc(N(C)C)nc1. The normalized spacial score (nSPS) is 13.9. The summed E-state index contributed by atoms with van der Waals surface area (Å²) in [4.78, 5) is 17.9. The lowest BCUT2D eigenvalue weighted by atomic mass is 10.0. The third-order valence-corrected chi connectivity index (χ3v) is 2.68. The number of anilines is 2. The van der Waals surface area contributed by atoms with Crippen molar-refractivity contribution in [1.29, 1.82) is 0 Å². The highest BCUT2D eigenvalue weighted by Gasteiger charge is 2.16. The van der Waals surface area contributed by atoms with Gasteiger partial charge in [0.05, 0.1) is 17.8 Å². The summed E-state index contributed by atoms with van der Waals surface area (Å²) in [6, 6.07) is 3.52. The monoisotopic (exact) mass is 236 g/mol. The fourth-order valence-electron chi connectivity index (χ4n) is 1.22. The molecule has 0 bridgehead atoms. The number of amides is 1. The number of nitrogens with zero attached hydrogens (tertiary/aromatic N) is 2. The van der Waals surface area contributed by atoms with E-state index in [2.05, 4.69) is 10.3 Å². The van der Waals surface area contributed by atoms with Crippen molar-refractivity contribution in [2.75, 3.05) is 24.3 Å². The topological polar surface area (TPSA) is 71.2 Å². The largest absolute Gasteiger partial charge is 0.363 e. The van der Waals surface area contributed by atoms with Gasteiger partial charge in [0.15, 0.2) is 0 Å². The van der Waals surface area contributed by atoms with Crippen molar-refractivity contribution in [3.8, 4) is 0 Å². The first kappa shape index (κ1) is 13.4. The minimum atomic E-state index is -0.219. The van der Waals surface area contributed by atoms with Crippen LogP contribution in [0.4, 0.5) is 11.5 Å². The average Bonchev–Trinajstić information content (AvgIpc) is 2.28. The van der Waals surface area contributed by atoms with Gasteiger partial charge in [-0.3, -0.25) is 4.79 Å². The summed E-state index contributed by atoms with van der Waals surface area (Å²) in [5.74, 6) is 0.547. The zero-order chi connectivity index (χ0) is 13.0. The van der Waals surface area contributed by atoms with Crippen molar-refractivity contribution < 1.29 is 4.79 Å². The Labute approximate surface area is 102 Å². The van der Waals surface area contributed by atoms with E-state index in [0.717, 1.165) is 5.82 Å². The van der Waals surface area contributed by atoms with Crippen LogP contribution in [-0.4, -0.2) is 31.0 Å². The summed E-state index contributed by atoms with van der Waals surface area (Å²) >= 11 is 0. The summed E-state index contributed by atoms with van der Waals surface area (Å²) in [6.07, 6.45) is 1.64. The maximum atomic E-state index is 11.7. The number of nitrogens with one attached hydrogen (secondary N) is 1. The highest BCUT2D eigenvalue weighted by Crippen LogP contribution is 2.13. The Morgan fingerprint density at radius 2 is 2.06 bits per heavy atom. The number of rotatable bonds is 4. The summed E-state index contributed by atoms with van der Waals surface area (Å²) in [5, 5.41) is 2.79. The Bertz CT molecular complexity index is 373. The molecule has 1 heterocycles. The molecule has 0 aliphatic heterocycles. The molecule has 1 amide bonds. The second-order valence-electron chi connectivity index (χ2n) is 4.44. The zero-order valence-electron chi connectivity index (χ0n) is 10.8. The predicted molar refractivity (Wildman–Crippen MR) is 70.0 cm³/mol. The fraction of sp³-hybridized carbons (Fsp3) is 0.500. The van der Waals surface area contributed by atoms with Gasteiger partial charge < -0.3 is 16.0 Å². The van der Waals surface area contributed by atoms with Crippen LogP contribution in [0.5, 0.6) is 0 Å². The second-order valence-corrected chi connectivity index (χ2v) is 4.44. The number of pyridine rings is 1. The summed E-state index contributed by atoms with van der Waals surface area (Å²) in [5.41, 5.74) is 6.36. The van der Waals surface area contributed by atoms with Gasteiger partial charge in [0.25, 0.3) is 0 Å². The van der Waals surface area contributed by atoms with Gasteiger partial charge in [-0.15, -0.1) is 0 Å². The third-order valence-electron chi connectivity index (χ3n) is 2.68. The van der Waals surface area contributed by atoms with E-state index in [-0.39, 0.29) is 17.9 Å². The lowest BCUT2D eigenvalue weighted by Gasteiger charge is -2.16. The van der Waals surface area contributed by atoms with E-state index in [1.807, 2.05) is 45.0 Å². The van der Waals surface area contributed by atoms with Crippen LogP contribution in [0, 0.1) is 5.92 Å². The molecular weight excluding hydrogens is 216 g/mol. The molecule has 0 aromatic carbocycles. The minimum Gasteiger partial charge on any atom is -0.363 e. The number of carbonyl (C=O) groups excluding carboxylic acids is 1. The van der Waals surface area contributed by atoms with Gasteiger partial charge >= 0.3 is 0 Å². The molecule has 0 saturated heterocycles. The first-order chi connectivity index (χ1) is 7.91. The van der Waals surface area contributed by atoms with Gasteiger partial charge in [-0.2, -0.15) is 0 Å². The highest BCUT2D eigenvalue weighted by atomic mass is 16.1. The Kier molecular flexibility index (Phi) is 4.45. The van der Waals surface area contributed by atoms with Gasteiger partial charge in [0.1, 0.15) is 5.82 Å².